The molecular formula is C26H30F5N3O2S. The van der Waals surface area contributed by atoms with Crippen LogP contribution in [0.15, 0.2) is 34.6 Å². The summed E-state index contributed by atoms with van der Waals surface area (Å²) in [5.41, 5.74) is -0.648. The van der Waals surface area contributed by atoms with Crippen LogP contribution < -0.4 is 5.56 Å². The molecule has 4 rings (SSSR count). The minimum Gasteiger partial charge on any atom is -0.307 e. The molecule has 1 aliphatic rings. The van der Waals surface area contributed by atoms with Gasteiger partial charge in [0.2, 0.25) is 0 Å². The van der Waals surface area contributed by atoms with Crippen LogP contribution in [0.2, 0.25) is 0 Å². The lowest BCUT2D eigenvalue weighted by Gasteiger charge is -2.17. The molecule has 1 aliphatic heterocycles. The Morgan fingerprint density at radius 3 is 2.54 bits per heavy atom. The monoisotopic (exact) mass is 543 g/mol. The summed E-state index contributed by atoms with van der Waals surface area (Å²) in [5.74, 6) is -1.37. The van der Waals surface area contributed by atoms with Gasteiger partial charge in [0.1, 0.15) is 18.3 Å². The molecule has 5 nitrogen and oxygen atoms in total. The van der Waals surface area contributed by atoms with Gasteiger partial charge in [0.25, 0.3) is 5.56 Å². The van der Waals surface area contributed by atoms with Gasteiger partial charge in [-0.1, -0.05) is 13.0 Å². The molecule has 1 aromatic carbocycles. The van der Waals surface area contributed by atoms with Crippen LogP contribution >= 0.6 is 11.3 Å². The van der Waals surface area contributed by atoms with Gasteiger partial charge in [0.15, 0.2) is 0 Å². The van der Waals surface area contributed by atoms with Crippen LogP contribution in [-0.4, -0.2) is 60.6 Å². The highest BCUT2D eigenvalue weighted by molar-refractivity contribution is 7.18. The molecule has 37 heavy (non-hydrogen) atoms. The van der Waals surface area contributed by atoms with Crippen LogP contribution in [-0.2, 0) is 24.1 Å². The Morgan fingerprint density at radius 1 is 1.27 bits per heavy atom. The number of rotatable bonds is 7. The molecular weight excluding hydrogens is 513 g/mol. The van der Waals surface area contributed by atoms with E-state index in [9.17, 15) is 31.5 Å². The van der Waals surface area contributed by atoms with Crippen LogP contribution in [0.4, 0.5) is 22.0 Å². The lowest BCUT2D eigenvalue weighted by Crippen LogP contribution is -2.24. The predicted molar refractivity (Wildman–Crippen MR) is 136 cm³/mol. The van der Waals surface area contributed by atoms with E-state index in [1.54, 1.807) is 11.6 Å². The molecule has 3 heterocycles. The predicted octanol–water partition coefficient (Wildman–Crippen LogP) is 5.59. The smallest absolute Gasteiger partial charge is 0.307 e. The number of hydrogen-bond acceptors (Lipinski definition) is 5. The number of benzene rings is 1. The van der Waals surface area contributed by atoms with Gasteiger partial charge in [-0.05, 0) is 51.2 Å². The third-order valence-electron chi connectivity index (χ3n) is 6.10. The number of aromatic nitrogens is 1. The van der Waals surface area contributed by atoms with Crippen LogP contribution in [0.25, 0.3) is 21.2 Å². The molecule has 0 saturated carbocycles. The van der Waals surface area contributed by atoms with Crippen molar-refractivity contribution in [3.05, 3.63) is 57.1 Å². The van der Waals surface area contributed by atoms with Gasteiger partial charge >= 0.3 is 6.18 Å². The molecule has 11 heteroatoms. The number of nitrogens with zero attached hydrogens (tertiary/aromatic N) is 3. The van der Waals surface area contributed by atoms with Gasteiger partial charge in [-0.15, -0.1) is 11.3 Å². The number of carbonyl (C=O) groups excluding carboxylic acids is 1. The van der Waals surface area contributed by atoms with Gasteiger partial charge < -0.3 is 19.2 Å². The number of halogens is 5. The number of thiophene rings is 1. The van der Waals surface area contributed by atoms with Gasteiger partial charge in [0, 0.05) is 47.0 Å². The molecule has 1 fully saturated rings. The van der Waals surface area contributed by atoms with Crippen molar-refractivity contribution in [2.45, 2.75) is 45.2 Å². The maximum absolute atomic E-state index is 13.7. The van der Waals surface area contributed by atoms with E-state index in [-0.39, 0.29) is 17.5 Å². The van der Waals surface area contributed by atoms with Crippen molar-refractivity contribution < 1.29 is 26.7 Å². The van der Waals surface area contributed by atoms with Crippen molar-refractivity contribution in [3.8, 4) is 11.1 Å². The Labute approximate surface area is 216 Å². The minimum absolute atomic E-state index is 0.101. The molecule has 0 bridgehead atoms. The second-order valence-electron chi connectivity index (χ2n) is 9.21. The SMILES string of the molecule is CCCN(C)Cc1cn(CC=O)c(=O)c2c(-c3ccc(F)c(C(F)(F)F)c3)csc12.CN1CCC(F)C1. The molecule has 1 saturated heterocycles. The first-order valence-corrected chi connectivity index (χ1v) is 12.8. The first kappa shape index (κ1) is 28.9. The average Bonchev–Trinajstić information content (AvgIpc) is 3.43. The van der Waals surface area contributed by atoms with Crippen LogP contribution in [0.5, 0.6) is 0 Å². The van der Waals surface area contributed by atoms with E-state index in [0.29, 0.717) is 29.6 Å². The van der Waals surface area contributed by atoms with Crippen molar-refractivity contribution in [2.75, 3.05) is 33.7 Å². The Morgan fingerprint density at radius 2 is 2.00 bits per heavy atom. The van der Waals surface area contributed by atoms with E-state index < -0.39 is 29.3 Å². The summed E-state index contributed by atoms with van der Waals surface area (Å²) in [6, 6.07) is 2.70. The molecule has 1 unspecified atom stereocenters. The van der Waals surface area contributed by atoms with Crippen molar-refractivity contribution in [1.82, 2.24) is 14.4 Å². The second-order valence-corrected chi connectivity index (χ2v) is 10.1. The molecule has 0 N–H and O–H groups in total. The summed E-state index contributed by atoms with van der Waals surface area (Å²) in [6.45, 7) is 4.78. The molecule has 2 aromatic heterocycles. The maximum Gasteiger partial charge on any atom is 0.419 e. The lowest BCUT2D eigenvalue weighted by atomic mass is 10.0. The van der Waals surface area contributed by atoms with Gasteiger partial charge in [-0.25, -0.2) is 8.78 Å². The fourth-order valence-electron chi connectivity index (χ4n) is 4.34. The molecule has 0 amide bonds. The van der Waals surface area contributed by atoms with Gasteiger partial charge in [0.05, 0.1) is 17.5 Å². The quantitative estimate of drug-likeness (QED) is 0.288. The zero-order chi connectivity index (χ0) is 27.3. The molecule has 3 aromatic rings. The highest BCUT2D eigenvalue weighted by atomic mass is 32.1. The van der Waals surface area contributed by atoms with Crippen LogP contribution in [0.3, 0.4) is 0 Å². The van der Waals surface area contributed by atoms with E-state index >= 15 is 0 Å². The first-order valence-electron chi connectivity index (χ1n) is 11.9. The van der Waals surface area contributed by atoms with Crippen molar-refractivity contribution in [1.29, 1.82) is 0 Å². The normalized spacial score (nSPS) is 16.3. The number of likely N-dealkylation sites (tertiary alicyclic amines) is 1. The van der Waals surface area contributed by atoms with Gasteiger partial charge in [-0.2, -0.15) is 13.2 Å². The highest BCUT2D eigenvalue weighted by Gasteiger charge is 2.34. The standard InChI is InChI=1S/C21H20F4N2O2S.C5H10FN/c1-3-6-26(2)10-14-11-27(7-8-28)20(29)18-15(12-30-19(14)18)13-4-5-17(22)16(9-13)21(23,24)25;1-7-3-2-5(6)4-7/h4-5,8-9,11-12H,3,6-7,10H2,1-2H3;5H,2-4H2,1H3. The summed E-state index contributed by atoms with van der Waals surface area (Å²) in [6.07, 6.45) is -1.52. The number of hydrogen-bond donors (Lipinski definition) is 0. The third-order valence-corrected chi connectivity index (χ3v) is 7.16. The lowest BCUT2D eigenvalue weighted by molar-refractivity contribution is -0.139. The third kappa shape index (κ3) is 7.03. The van der Waals surface area contributed by atoms with Crippen molar-refractivity contribution in [2.24, 2.45) is 0 Å². The highest BCUT2D eigenvalue weighted by Crippen LogP contribution is 2.38. The maximum atomic E-state index is 13.7. The molecule has 0 radical (unpaired) electrons. The van der Waals surface area contributed by atoms with Gasteiger partial charge in [-0.3, -0.25) is 4.79 Å². The Bertz CT molecular complexity index is 1280. The zero-order valence-electron chi connectivity index (χ0n) is 20.9. The van der Waals surface area contributed by atoms with E-state index in [0.717, 1.165) is 43.6 Å². The fraction of sp³-hybridized carbons (Fsp3) is 0.462. The zero-order valence-corrected chi connectivity index (χ0v) is 21.8. The number of carbonyl (C=O) groups is 1. The largest absolute Gasteiger partial charge is 0.419 e. The molecule has 0 aliphatic carbocycles. The van der Waals surface area contributed by atoms with Crippen LogP contribution in [0.1, 0.15) is 30.9 Å². The molecule has 1 atom stereocenters. The van der Waals surface area contributed by atoms with E-state index in [1.807, 2.05) is 25.9 Å². The fourth-order valence-corrected chi connectivity index (χ4v) is 5.41. The topological polar surface area (TPSA) is 45.6 Å². The van der Waals surface area contributed by atoms with E-state index in [4.69, 9.17) is 0 Å². The van der Waals surface area contributed by atoms with E-state index in [1.165, 1.54) is 22.0 Å². The van der Waals surface area contributed by atoms with Crippen molar-refractivity contribution >= 4 is 27.7 Å². The molecule has 202 valence electrons. The number of fused-ring (bicyclic) bond motifs is 1. The number of pyridine rings is 1. The summed E-state index contributed by atoms with van der Waals surface area (Å²) in [5, 5.41) is 1.84. The van der Waals surface area contributed by atoms with E-state index in [2.05, 4.69) is 4.90 Å². The first-order chi connectivity index (χ1) is 17.5. The summed E-state index contributed by atoms with van der Waals surface area (Å²) in [7, 11) is 3.87. The Kier molecular flexibility index (Phi) is 9.60. The average molecular weight is 544 g/mol. The summed E-state index contributed by atoms with van der Waals surface area (Å²) >= 11 is 1.25. The second kappa shape index (κ2) is 12.3. The molecule has 0 spiro atoms. The summed E-state index contributed by atoms with van der Waals surface area (Å²) < 4.78 is 67.2. The number of alkyl halides is 4. The minimum atomic E-state index is -4.85. The number of aldehydes is 1. The Balaban J connectivity index is 0.000000468. The summed E-state index contributed by atoms with van der Waals surface area (Å²) in [4.78, 5) is 28.1. The van der Waals surface area contributed by atoms with Crippen molar-refractivity contribution in [3.63, 3.8) is 0 Å². The Hall–Kier alpha value is -2.63. The van der Waals surface area contributed by atoms with Crippen LogP contribution in [0, 0.1) is 5.82 Å².